The first kappa shape index (κ1) is 21.7. The zero-order valence-corrected chi connectivity index (χ0v) is 16.9. The Morgan fingerprint density at radius 2 is 1.82 bits per heavy atom. The number of nitrogens with zero attached hydrogens (tertiary/aromatic N) is 2. The van der Waals surface area contributed by atoms with E-state index in [2.05, 4.69) is 0 Å². The Hall–Kier alpha value is -2.64. The number of carboxylic acids is 1. The van der Waals surface area contributed by atoms with E-state index in [1.807, 2.05) is 0 Å². The Morgan fingerprint density at radius 3 is 2.32 bits per heavy atom. The lowest BCUT2D eigenvalue weighted by molar-refractivity contribution is -0.159. The minimum atomic E-state index is -1.59. The molecule has 1 aromatic carbocycles. The molecule has 154 valence electrons. The van der Waals surface area contributed by atoms with E-state index in [9.17, 15) is 23.9 Å². The summed E-state index contributed by atoms with van der Waals surface area (Å²) < 4.78 is 18.6. The Morgan fingerprint density at radius 1 is 1.25 bits per heavy atom. The third kappa shape index (κ3) is 4.10. The molecule has 0 aromatic heterocycles. The second-order valence-electron chi connectivity index (χ2n) is 8.03. The van der Waals surface area contributed by atoms with E-state index in [-0.39, 0.29) is 13.0 Å². The van der Waals surface area contributed by atoms with Gasteiger partial charge in [-0.1, -0.05) is 12.1 Å². The number of amides is 2. The number of halogens is 1. The topological polar surface area (TPSA) is 87.2 Å². The average Bonchev–Trinajstić information content (AvgIpc) is 3.05. The minimum absolute atomic E-state index is 0.211. The fraction of sp³-hybridized carbons (Fsp3) is 0.550. The fourth-order valence-electron chi connectivity index (χ4n) is 3.37. The third-order valence-electron chi connectivity index (χ3n) is 4.94. The van der Waals surface area contributed by atoms with Crippen LogP contribution < -0.4 is 0 Å². The van der Waals surface area contributed by atoms with Crippen molar-refractivity contribution in [2.45, 2.75) is 57.7 Å². The maximum atomic E-state index is 13.3. The summed E-state index contributed by atoms with van der Waals surface area (Å²) in [5, 5.41) is 10.00. The van der Waals surface area contributed by atoms with Gasteiger partial charge < -0.3 is 14.7 Å². The van der Waals surface area contributed by atoms with Crippen molar-refractivity contribution in [3.8, 4) is 0 Å². The molecule has 28 heavy (non-hydrogen) atoms. The van der Waals surface area contributed by atoms with Gasteiger partial charge in [0.15, 0.2) is 5.54 Å². The van der Waals surface area contributed by atoms with Gasteiger partial charge in [0.2, 0.25) is 5.91 Å². The van der Waals surface area contributed by atoms with Gasteiger partial charge in [0.05, 0.1) is 0 Å². The van der Waals surface area contributed by atoms with Crippen LogP contribution in [0.4, 0.5) is 9.18 Å². The van der Waals surface area contributed by atoms with Crippen LogP contribution in [0.2, 0.25) is 0 Å². The summed E-state index contributed by atoms with van der Waals surface area (Å²) in [6.45, 7) is 6.91. The van der Waals surface area contributed by atoms with Crippen LogP contribution in [-0.2, 0) is 19.9 Å². The van der Waals surface area contributed by atoms with Crippen molar-refractivity contribution < 1.29 is 28.6 Å². The molecule has 2 amide bonds. The van der Waals surface area contributed by atoms with Gasteiger partial charge in [-0.05, 0) is 58.2 Å². The monoisotopic (exact) mass is 394 g/mol. The first-order chi connectivity index (χ1) is 12.9. The maximum Gasteiger partial charge on any atom is 0.410 e. The molecular formula is C20H27FN2O5. The second kappa shape index (κ2) is 7.77. The first-order valence-corrected chi connectivity index (χ1v) is 9.17. The SMILES string of the molecule is C[C@@H](C(=O)N1CCC[C@]1(C(=O)O)c1ccc(F)cc1)N(C)C(=O)OC(C)(C)C. The molecule has 0 aliphatic carbocycles. The summed E-state index contributed by atoms with van der Waals surface area (Å²) in [6.07, 6.45) is 0.0242. The number of likely N-dealkylation sites (tertiary alicyclic amines) is 1. The summed E-state index contributed by atoms with van der Waals surface area (Å²) in [5.41, 5.74) is -1.98. The van der Waals surface area contributed by atoms with Crippen molar-refractivity contribution in [2.75, 3.05) is 13.6 Å². The molecule has 0 spiro atoms. The lowest BCUT2D eigenvalue weighted by atomic mass is 9.86. The highest BCUT2D eigenvalue weighted by Crippen LogP contribution is 2.40. The van der Waals surface area contributed by atoms with E-state index in [0.717, 1.165) is 4.90 Å². The normalized spacial score (nSPS) is 20.6. The zero-order chi connectivity index (χ0) is 21.3. The number of ether oxygens (including phenoxy) is 1. The lowest BCUT2D eigenvalue weighted by Gasteiger charge is -2.38. The van der Waals surface area contributed by atoms with Gasteiger partial charge in [-0.2, -0.15) is 0 Å². The highest BCUT2D eigenvalue weighted by Gasteiger charge is 2.52. The molecule has 1 aromatic rings. The van der Waals surface area contributed by atoms with Crippen LogP contribution in [0.25, 0.3) is 0 Å². The van der Waals surface area contributed by atoms with Crippen molar-refractivity contribution >= 4 is 18.0 Å². The van der Waals surface area contributed by atoms with Crippen molar-refractivity contribution in [1.29, 1.82) is 0 Å². The Bertz CT molecular complexity index is 759. The highest BCUT2D eigenvalue weighted by molar-refractivity contribution is 5.92. The average molecular weight is 394 g/mol. The molecule has 1 saturated heterocycles. The number of carboxylic acid groups (broad SMARTS) is 1. The van der Waals surface area contributed by atoms with Gasteiger partial charge in [0, 0.05) is 13.6 Å². The summed E-state index contributed by atoms with van der Waals surface area (Å²) in [4.78, 5) is 40.1. The Labute approximate surface area is 164 Å². The highest BCUT2D eigenvalue weighted by atomic mass is 19.1. The number of carbonyl (C=O) groups is 3. The lowest BCUT2D eigenvalue weighted by Crippen LogP contribution is -2.56. The molecule has 1 heterocycles. The van der Waals surface area contributed by atoms with Gasteiger partial charge in [0.25, 0.3) is 0 Å². The van der Waals surface area contributed by atoms with Gasteiger partial charge >= 0.3 is 12.1 Å². The predicted octanol–water partition coefficient (Wildman–Crippen LogP) is 2.98. The van der Waals surface area contributed by atoms with E-state index in [4.69, 9.17) is 4.74 Å². The van der Waals surface area contributed by atoms with Crippen molar-refractivity contribution in [1.82, 2.24) is 9.80 Å². The molecule has 0 unspecified atom stereocenters. The van der Waals surface area contributed by atoms with Crippen LogP contribution in [-0.4, -0.2) is 58.1 Å². The van der Waals surface area contributed by atoms with Crippen LogP contribution in [0.3, 0.4) is 0 Å². The van der Waals surface area contributed by atoms with Crippen LogP contribution in [0, 0.1) is 5.82 Å². The van der Waals surface area contributed by atoms with Gasteiger partial charge in [0.1, 0.15) is 17.5 Å². The standard InChI is InChI=1S/C20H27FN2O5/c1-13(22(5)18(27)28-19(2,3)4)16(24)23-12-6-11-20(23,17(25)26)14-7-9-15(21)10-8-14/h7-10,13H,6,11-12H2,1-5H3,(H,25,26)/t13-,20+/m0/s1. The number of aliphatic carboxylic acids is 1. The zero-order valence-electron chi connectivity index (χ0n) is 16.9. The predicted molar refractivity (Wildman–Crippen MR) is 100 cm³/mol. The molecule has 8 heteroatoms. The van der Waals surface area contributed by atoms with E-state index < -0.39 is 41.0 Å². The molecule has 0 saturated carbocycles. The van der Waals surface area contributed by atoms with Crippen molar-refractivity contribution in [3.63, 3.8) is 0 Å². The molecule has 1 aliphatic rings. The van der Waals surface area contributed by atoms with Gasteiger partial charge in [-0.15, -0.1) is 0 Å². The molecule has 1 N–H and O–H groups in total. The third-order valence-corrected chi connectivity index (χ3v) is 4.94. The van der Waals surface area contributed by atoms with Crippen LogP contribution in [0.15, 0.2) is 24.3 Å². The molecule has 2 rings (SSSR count). The smallest absolute Gasteiger partial charge is 0.410 e. The Kier molecular flexibility index (Phi) is 6.01. The molecule has 1 fully saturated rings. The number of benzene rings is 1. The molecular weight excluding hydrogens is 367 g/mol. The molecule has 2 atom stereocenters. The number of hydrogen-bond donors (Lipinski definition) is 1. The molecule has 0 radical (unpaired) electrons. The Balaban J connectivity index is 2.33. The van der Waals surface area contributed by atoms with E-state index in [0.29, 0.717) is 12.0 Å². The van der Waals surface area contributed by atoms with Crippen molar-refractivity contribution in [2.24, 2.45) is 0 Å². The number of carbonyl (C=O) groups excluding carboxylic acids is 2. The minimum Gasteiger partial charge on any atom is -0.479 e. The van der Waals surface area contributed by atoms with E-state index >= 15 is 0 Å². The number of rotatable bonds is 4. The quantitative estimate of drug-likeness (QED) is 0.848. The van der Waals surface area contributed by atoms with E-state index in [1.54, 1.807) is 20.8 Å². The maximum absolute atomic E-state index is 13.3. The summed E-state index contributed by atoms with van der Waals surface area (Å²) in [6, 6.07) is 4.20. The second-order valence-corrected chi connectivity index (χ2v) is 8.03. The number of hydrogen-bond acceptors (Lipinski definition) is 4. The summed E-state index contributed by atoms with van der Waals surface area (Å²) in [7, 11) is 1.44. The first-order valence-electron chi connectivity index (χ1n) is 9.17. The van der Waals surface area contributed by atoms with Gasteiger partial charge in [-0.25, -0.2) is 14.0 Å². The molecule has 0 bridgehead atoms. The fourth-order valence-corrected chi connectivity index (χ4v) is 3.37. The largest absolute Gasteiger partial charge is 0.479 e. The van der Waals surface area contributed by atoms with Crippen LogP contribution in [0.5, 0.6) is 0 Å². The van der Waals surface area contributed by atoms with Crippen LogP contribution >= 0.6 is 0 Å². The molecule has 1 aliphatic heterocycles. The van der Waals surface area contributed by atoms with Crippen molar-refractivity contribution in [3.05, 3.63) is 35.6 Å². The van der Waals surface area contributed by atoms with E-state index in [1.165, 1.54) is 43.1 Å². The summed E-state index contributed by atoms with van der Waals surface area (Å²) in [5.74, 6) is -2.17. The number of likely N-dealkylation sites (N-methyl/N-ethyl adjacent to an activating group) is 1. The summed E-state index contributed by atoms with van der Waals surface area (Å²) >= 11 is 0. The molecule has 7 nitrogen and oxygen atoms in total. The van der Waals surface area contributed by atoms with Gasteiger partial charge in [-0.3, -0.25) is 9.69 Å². The van der Waals surface area contributed by atoms with Crippen LogP contribution in [0.1, 0.15) is 46.1 Å².